The molecule has 2 rings (SSSR count). The summed E-state index contributed by atoms with van der Waals surface area (Å²) in [4.78, 5) is 2.44. The molecule has 2 atom stereocenters. The van der Waals surface area contributed by atoms with Crippen LogP contribution in [-0.4, -0.2) is 38.1 Å². The Balaban J connectivity index is 0.000000720. The Hall–Kier alpha value is 1.02. The molecule has 0 aromatic rings. The van der Waals surface area contributed by atoms with E-state index in [4.69, 9.17) is 0 Å². The van der Waals surface area contributed by atoms with Crippen LogP contribution in [0.1, 0.15) is 13.8 Å². The Morgan fingerprint density at radius 3 is 1.92 bits per heavy atom. The first-order valence-electron chi connectivity index (χ1n) is 4.38. The molecule has 2 aliphatic rings. The predicted octanol–water partition coefficient (Wildman–Crippen LogP) is 1.33. The van der Waals surface area contributed by atoms with Crippen molar-refractivity contribution in [3.05, 3.63) is 5.32 Å². The molecule has 0 aromatic heterocycles. The van der Waals surface area contributed by atoms with Crippen molar-refractivity contribution in [2.45, 2.75) is 13.8 Å². The van der Waals surface area contributed by atoms with E-state index in [1.54, 1.807) is 0 Å². The molecule has 0 spiro atoms. The van der Waals surface area contributed by atoms with Crippen molar-refractivity contribution in [3.8, 4) is 0 Å². The normalized spacial score (nSPS) is 47.2. The van der Waals surface area contributed by atoms with Gasteiger partial charge in [-0.05, 0) is 17.9 Å². The molecule has 2 unspecified atom stereocenters. The molecule has 2 aliphatic heterocycles. The van der Waals surface area contributed by atoms with Gasteiger partial charge in [-0.3, -0.25) is 0 Å². The fourth-order valence-corrected chi connectivity index (χ4v) is 2.66. The van der Waals surface area contributed by atoms with Gasteiger partial charge in [-0.25, -0.2) is 0 Å². The third-order valence-electron chi connectivity index (χ3n) is 3.62. The molecule has 67 valence electrons. The summed E-state index contributed by atoms with van der Waals surface area (Å²) in [5, 5.41) is 4.52. The minimum atomic E-state index is 0. The van der Waals surface area contributed by atoms with Crippen LogP contribution in [0.25, 0.3) is 5.32 Å². The second kappa shape index (κ2) is 3.31. The van der Waals surface area contributed by atoms with Gasteiger partial charge in [-0.15, -0.1) is 13.1 Å². The number of fused-ring (bicyclic) bond motifs is 1. The van der Waals surface area contributed by atoms with Gasteiger partial charge in [0.25, 0.3) is 0 Å². The van der Waals surface area contributed by atoms with E-state index in [1.165, 1.54) is 13.1 Å². The Bertz CT molecular complexity index is 167. The molecule has 2 saturated heterocycles. The number of likely N-dealkylation sites (tertiary alicyclic amines) is 1. The van der Waals surface area contributed by atoms with Gasteiger partial charge in [-0.2, -0.15) is 0 Å². The quantitative estimate of drug-likeness (QED) is 0.626. The third-order valence-corrected chi connectivity index (χ3v) is 3.62. The smallest absolute Gasteiger partial charge is 0.00210 e. The first-order valence-corrected chi connectivity index (χ1v) is 4.38. The maximum atomic E-state index is 4.52. The standard InChI is InChI=1S/C9H17N2.Y/c1-8-4-10-5-9(8,2)7-11(3)6-8;/h4-7H2,1-3H3;/q-1;. The van der Waals surface area contributed by atoms with Crippen molar-refractivity contribution >= 4 is 0 Å². The first kappa shape index (κ1) is 11.1. The Kier molecular flexibility index (Phi) is 3.06. The average Bonchev–Trinajstić information content (AvgIpc) is 2.16. The summed E-state index contributed by atoms with van der Waals surface area (Å²) >= 11 is 0. The molecule has 2 heterocycles. The van der Waals surface area contributed by atoms with Gasteiger partial charge in [0.15, 0.2) is 0 Å². The summed E-state index contributed by atoms with van der Waals surface area (Å²) in [7, 11) is 2.22. The topological polar surface area (TPSA) is 17.3 Å². The molecule has 0 saturated carbocycles. The van der Waals surface area contributed by atoms with Crippen molar-refractivity contribution in [3.63, 3.8) is 0 Å². The van der Waals surface area contributed by atoms with Crippen LogP contribution in [0, 0.1) is 10.8 Å². The maximum absolute atomic E-state index is 4.52. The van der Waals surface area contributed by atoms with E-state index in [9.17, 15) is 0 Å². The fourth-order valence-electron chi connectivity index (χ4n) is 2.66. The van der Waals surface area contributed by atoms with Gasteiger partial charge in [0, 0.05) is 45.8 Å². The second-order valence-electron chi connectivity index (χ2n) is 4.83. The molecular formula is C9H17N2Y-. The van der Waals surface area contributed by atoms with E-state index >= 15 is 0 Å². The molecule has 12 heavy (non-hydrogen) atoms. The van der Waals surface area contributed by atoms with Crippen LogP contribution >= 0.6 is 0 Å². The second-order valence-corrected chi connectivity index (χ2v) is 4.83. The van der Waals surface area contributed by atoms with Crippen LogP contribution in [-0.2, 0) is 32.7 Å². The van der Waals surface area contributed by atoms with Crippen molar-refractivity contribution in [2.24, 2.45) is 10.8 Å². The summed E-state index contributed by atoms with van der Waals surface area (Å²) < 4.78 is 0. The first-order chi connectivity index (χ1) is 5.06. The van der Waals surface area contributed by atoms with Gasteiger partial charge in [0.2, 0.25) is 0 Å². The fraction of sp³-hybridized carbons (Fsp3) is 1.00. The van der Waals surface area contributed by atoms with Gasteiger partial charge >= 0.3 is 0 Å². The summed E-state index contributed by atoms with van der Waals surface area (Å²) in [6.45, 7) is 9.38. The molecule has 0 bridgehead atoms. The zero-order chi connectivity index (χ0) is 8.11. The Labute approximate surface area is 100 Å². The molecule has 0 aromatic carbocycles. The van der Waals surface area contributed by atoms with Crippen LogP contribution in [0.5, 0.6) is 0 Å². The van der Waals surface area contributed by atoms with E-state index in [2.05, 4.69) is 31.1 Å². The summed E-state index contributed by atoms with van der Waals surface area (Å²) in [5.74, 6) is 0. The Morgan fingerprint density at radius 1 is 1.08 bits per heavy atom. The largest absolute Gasteiger partial charge is 0.661 e. The molecule has 3 heteroatoms. The summed E-state index contributed by atoms with van der Waals surface area (Å²) in [6.07, 6.45) is 0. The van der Waals surface area contributed by atoms with Crippen LogP contribution in [0.2, 0.25) is 0 Å². The summed E-state index contributed by atoms with van der Waals surface area (Å²) in [5.41, 5.74) is 0.948. The van der Waals surface area contributed by atoms with Crippen LogP contribution in [0.3, 0.4) is 0 Å². The number of nitrogens with zero attached hydrogens (tertiary/aromatic N) is 2. The molecule has 0 N–H and O–H groups in total. The van der Waals surface area contributed by atoms with E-state index in [0.717, 1.165) is 13.1 Å². The van der Waals surface area contributed by atoms with Gasteiger partial charge in [0.1, 0.15) is 0 Å². The minimum Gasteiger partial charge on any atom is -0.661 e. The Morgan fingerprint density at radius 2 is 1.50 bits per heavy atom. The van der Waals surface area contributed by atoms with Gasteiger partial charge in [-0.1, -0.05) is 13.8 Å². The van der Waals surface area contributed by atoms with E-state index in [0.29, 0.717) is 10.8 Å². The zero-order valence-electron chi connectivity index (χ0n) is 8.30. The minimum absolute atomic E-state index is 0. The molecule has 0 amide bonds. The van der Waals surface area contributed by atoms with Crippen molar-refractivity contribution in [1.82, 2.24) is 4.90 Å². The van der Waals surface area contributed by atoms with E-state index in [1.807, 2.05) is 0 Å². The van der Waals surface area contributed by atoms with E-state index < -0.39 is 0 Å². The predicted molar refractivity (Wildman–Crippen MR) is 46.8 cm³/mol. The van der Waals surface area contributed by atoms with Crippen LogP contribution in [0.15, 0.2) is 0 Å². The number of hydrogen-bond acceptors (Lipinski definition) is 1. The van der Waals surface area contributed by atoms with Crippen molar-refractivity contribution < 1.29 is 32.7 Å². The molecular weight excluding hydrogens is 225 g/mol. The van der Waals surface area contributed by atoms with Gasteiger partial charge in [0.05, 0.1) is 0 Å². The van der Waals surface area contributed by atoms with E-state index in [-0.39, 0.29) is 32.7 Å². The van der Waals surface area contributed by atoms with Crippen LogP contribution in [0.4, 0.5) is 0 Å². The third kappa shape index (κ3) is 1.41. The average molecular weight is 242 g/mol. The van der Waals surface area contributed by atoms with Gasteiger partial charge < -0.3 is 10.2 Å². The van der Waals surface area contributed by atoms with Crippen molar-refractivity contribution in [1.29, 1.82) is 0 Å². The SMILES string of the molecule is CN1CC2(C)C[N-]CC2(C)C1.[Y]. The molecule has 2 fully saturated rings. The van der Waals surface area contributed by atoms with Crippen LogP contribution < -0.4 is 0 Å². The maximum Gasteiger partial charge on any atom is 0.00210 e. The summed E-state index contributed by atoms with van der Waals surface area (Å²) in [6, 6.07) is 0. The molecule has 2 nitrogen and oxygen atoms in total. The molecule has 0 aliphatic carbocycles. The molecule has 1 radical (unpaired) electrons. The zero-order valence-corrected chi connectivity index (χ0v) is 11.1. The number of rotatable bonds is 0. The number of hydrogen-bond donors (Lipinski definition) is 0. The van der Waals surface area contributed by atoms with Crippen molar-refractivity contribution in [2.75, 3.05) is 33.2 Å². The monoisotopic (exact) mass is 242 g/mol.